The number of nitrogens with one attached hydrogen (secondary N) is 1. The highest BCUT2D eigenvalue weighted by Crippen LogP contribution is 2.17. The van der Waals surface area contributed by atoms with Crippen LogP contribution in [0.3, 0.4) is 0 Å². The van der Waals surface area contributed by atoms with Gasteiger partial charge in [0.25, 0.3) is 0 Å². The zero-order valence-electron chi connectivity index (χ0n) is 10.7. The molecular weight excluding hydrogens is 226 g/mol. The highest BCUT2D eigenvalue weighted by molar-refractivity contribution is 5.75. The molecule has 18 heavy (non-hydrogen) atoms. The average molecular weight is 245 g/mol. The number of nitrogens with zero attached hydrogens (tertiary/aromatic N) is 2. The van der Waals surface area contributed by atoms with Gasteiger partial charge in [0.2, 0.25) is 0 Å². The maximum Gasteiger partial charge on any atom is 0.328 e. The Kier molecular flexibility index (Phi) is 2.96. The van der Waals surface area contributed by atoms with Gasteiger partial charge in [-0.1, -0.05) is 12.1 Å². The standard InChI is InChI=1S/C14H19N3O/c1-16-12-4-2-3-5-13(12)17(14(16)18)10-11-6-8-15-9-7-11/h2-5,11,15H,6-10H2,1H3. The second kappa shape index (κ2) is 4.61. The van der Waals surface area contributed by atoms with Gasteiger partial charge in [-0.25, -0.2) is 4.79 Å². The van der Waals surface area contributed by atoms with Crippen LogP contribution in [-0.2, 0) is 13.6 Å². The lowest BCUT2D eigenvalue weighted by atomic mass is 9.98. The van der Waals surface area contributed by atoms with Crippen molar-refractivity contribution < 1.29 is 0 Å². The molecule has 0 bridgehead atoms. The third-order valence-electron chi connectivity index (χ3n) is 3.95. The molecule has 0 spiro atoms. The van der Waals surface area contributed by atoms with E-state index >= 15 is 0 Å². The predicted octanol–water partition coefficient (Wildman–Crippen LogP) is 1.34. The molecule has 0 atom stereocenters. The number of benzene rings is 1. The van der Waals surface area contributed by atoms with Gasteiger partial charge in [-0.05, 0) is 44.0 Å². The summed E-state index contributed by atoms with van der Waals surface area (Å²) in [6, 6.07) is 8.03. The van der Waals surface area contributed by atoms with Gasteiger partial charge in [0.15, 0.2) is 0 Å². The van der Waals surface area contributed by atoms with Crippen LogP contribution in [0.15, 0.2) is 29.1 Å². The first kappa shape index (κ1) is 11.5. The summed E-state index contributed by atoms with van der Waals surface area (Å²) in [4.78, 5) is 12.3. The molecule has 1 saturated heterocycles. The molecular formula is C14H19N3O. The molecule has 2 aromatic rings. The summed E-state index contributed by atoms with van der Waals surface area (Å²) in [5.41, 5.74) is 2.19. The fourth-order valence-electron chi connectivity index (χ4n) is 2.86. The minimum absolute atomic E-state index is 0.106. The lowest BCUT2D eigenvalue weighted by Gasteiger charge is -2.22. The van der Waals surface area contributed by atoms with E-state index in [1.54, 1.807) is 4.57 Å². The van der Waals surface area contributed by atoms with Gasteiger partial charge in [0.1, 0.15) is 0 Å². The maximum atomic E-state index is 12.3. The van der Waals surface area contributed by atoms with Crippen molar-refractivity contribution in [3.63, 3.8) is 0 Å². The van der Waals surface area contributed by atoms with Crippen LogP contribution in [0.4, 0.5) is 0 Å². The minimum Gasteiger partial charge on any atom is -0.317 e. The number of rotatable bonds is 2. The monoisotopic (exact) mass is 245 g/mol. The van der Waals surface area contributed by atoms with Gasteiger partial charge >= 0.3 is 5.69 Å². The van der Waals surface area contributed by atoms with E-state index in [0.717, 1.165) is 43.5 Å². The molecule has 0 radical (unpaired) electrons. The number of aryl methyl sites for hydroxylation is 1. The Hall–Kier alpha value is -1.55. The fraction of sp³-hybridized carbons (Fsp3) is 0.500. The summed E-state index contributed by atoms with van der Waals surface area (Å²) in [6.45, 7) is 3.00. The summed E-state index contributed by atoms with van der Waals surface area (Å²) in [5, 5.41) is 3.36. The SMILES string of the molecule is Cn1c(=O)n(CC2CCNCC2)c2ccccc21. The predicted molar refractivity (Wildman–Crippen MR) is 72.8 cm³/mol. The molecule has 1 N–H and O–H groups in total. The van der Waals surface area contributed by atoms with E-state index in [1.807, 2.05) is 35.9 Å². The van der Waals surface area contributed by atoms with Crippen molar-refractivity contribution in [2.24, 2.45) is 13.0 Å². The molecule has 2 heterocycles. The Morgan fingerprint density at radius 1 is 1.22 bits per heavy atom. The molecule has 4 heteroatoms. The first-order chi connectivity index (χ1) is 8.77. The Balaban J connectivity index is 2.00. The van der Waals surface area contributed by atoms with Gasteiger partial charge in [0, 0.05) is 13.6 Å². The van der Waals surface area contributed by atoms with Crippen molar-refractivity contribution in [3.05, 3.63) is 34.7 Å². The van der Waals surface area contributed by atoms with Gasteiger partial charge < -0.3 is 5.32 Å². The Morgan fingerprint density at radius 2 is 1.89 bits per heavy atom. The lowest BCUT2D eigenvalue weighted by molar-refractivity contribution is 0.332. The first-order valence-corrected chi connectivity index (χ1v) is 6.62. The third-order valence-corrected chi connectivity index (χ3v) is 3.95. The number of hydrogen-bond acceptors (Lipinski definition) is 2. The molecule has 1 aliphatic heterocycles. The van der Waals surface area contributed by atoms with Crippen molar-refractivity contribution in [3.8, 4) is 0 Å². The first-order valence-electron chi connectivity index (χ1n) is 6.62. The molecule has 1 aliphatic rings. The van der Waals surface area contributed by atoms with Crippen molar-refractivity contribution in [2.45, 2.75) is 19.4 Å². The molecule has 96 valence electrons. The van der Waals surface area contributed by atoms with Crippen molar-refractivity contribution in [1.82, 2.24) is 14.5 Å². The van der Waals surface area contributed by atoms with Gasteiger partial charge in [-0.3, -0.25) is 9.13 Å². The van der Waals surface area contributed by atoms with Crippen LogP contribution < -0.4 is 11.0 Å². The number of para-hydroxylation sites is 2. The largest absolute Gasteiger partial charge is 0.328 e. The van der Waals surface area contributed by atoms with Gasteiger partial charge in [-0.2, -0.15) is 0 Å². The molecule has 4 nitrogen and oxygen atoms in total. The van der Waals surface area contributed by atoms with Crippen LogP contribution in [0.5, 0.6) is 0 Å². The quantitative estimate of drug-likeness (QED) is 0.867. The molecule has 1 aromatic heterocycles. The van der Waals surface area contributed by atoms with E-state index in [2.05, 4.69) is 5.32 Å². The molecule has 3 rings (SSSR count). The van der Waals surface area contributed by atoms with E-state index < -0.39 is 0 Å². The lowest BCUT2D eigenvalue weighted by Crippen LogP contribution is -2.32. The number of imidazole rings is 1. The molecule has 1 fully saturated rings. The van der Waals surface area contributed by atoms with E-state index in [9.17, 15) is 4.79 Å². The Labute approximate surface area is 106 Å². The zero-order valence-corrected chi connectivity index (χ0v) is 10.7. The molecule has 0 aliphatic carbocycles. The number of hydrogen-bond donors (Lipinski definition) is 1. The second-order valence-electron chi connectivity index (χ2n) is 5.13. The van der Waals surface area contributed by atoms with Crippen molar-refractivity contribution in [2.75, 3.05) is 13.1 Å². The van der Waals surface area contributed by atoms with E-state index in [4.69, 9.17) is 0 Å². The fourth-order valence-corrected chi connectivity index (χ4v) is 2.86. The van der Waals surface area contributed by atoms with Crippen molar-refractivity contribution >= 4 is 11.0 Å². The average Bonchev–Trinajstić information content (AvgIpc) is 2.66. The van der Waals surface area contributed by atoms with Crippen molar-refractivity contribution in [1.29, 1.82) is 0 Å². The molecule has 0 amide bonds. The number of piperidine rings is 1. The number of aromatic nitrogens is 2. The smallest absolute Gasteiger partial charge is 0.317 e. The van der Waals surface area contributed by atoms with E-state index in [0.29, 0.717) is 5.92 Å². The molecule has 0 unspecified atom stereocenters. The summed E-state index contributed by atoms with van der Waals surface area (Å²) >= 11 is 0. The Morgan fingerprint density at radius 3 is 2.61 bits per heavy atom. The molecule has 1 aromatic carbocycles. The molecule has 0 saturated carbocycles. The van der Waals surface area contributed by atoms with Crippen LogP contribution in [0.1, 0.15) is 12.8 Å². The maximum absolute atomic E-state index is 12.3. The second-order valence-corrected chi connectivity index (χ2v) is 5.13. The Bertz CT molecular complexity index is 605. The number of fused-ring (bicyclic) bond motifs is 1. The highest BCUT2D eigenvalue weighted by atomic mass is 16.1. The summed E-state index contributed by atoms with van der Waals surface area (Å²) in [6.07, 6.45) is 2.32. The van der Waals surface area contributed by atoms with Crippen LogP contribution in [0.25, 0.3) is 11.0 Å². The van der Waals surface area contributed by atoms with Crippen LogP contribution in [0.2, 0.25) is 0 Å². The topological polar surface area (TPSA) is 39.0 Å². The van der Waals surface area contributed by atoms with Gasteiger partial charge in [-0.15, -0.1) is 0 Å². The van der Waals surface area contributed by atoms with Crippen LogP contribution in [0, 0.1) is 5.92 Å². The van der Waals surface area contributed by atoms with E-state index in [-0.39, 0.29) is 5.69 Å². The van der Waals surface area contributed by atoms with E-state index in [1.165, 1.54) is 0 Å². The van der Waals surface area contributed by atoms with Crippen LogP contribution in [-0.4, -0.2) is 22.2 Å². The normalized spacial score (nSPS) is 17.4. The highest BCUT2D eigenvalue weighted by Gasteiger charge is 2.17. The minimum atomic E-state index is 0.106. The zero-order chi connectivity index (χ0) is 12.5. The third kappa shape index (κ3) is 1.86. The summed E-state index contributed by atoms with van der Waals surface area (Å²) in [7, 11) is 1.85. The summed E-state index contributed by atoms with van der Waals surface area (Å²) < 4.78 is 3.68. The van der Waals surface area contributed by atoms with Gasteiger partial charge in [0.05, 0.1) is 11.0 Å². The summed E-state index contributed by atoms with van der Waals surface area (Å²) in [5.74, 6) is 0.620. The van der Waals surface area contributed by atoms with Crippen LogP contribution >= 0.6 is 0 Å².